The summed E-state index contributed by atoms with van der Waals surface area (Å²) in [7, 11) is 0. The molecule has 19 heavy (non-hydrogen) atoms. The van der Waals surface area contributed by atoms with Crippen molar-refractivity contribution in [3.8, 4) is 0 Å². The van der Waals surface area contributed by atoms with E-state index in [1.165, 1.54) is 0 Å². The van der Waals surface area contributed by atoms with Crippen molar-refractivity contribution in [2.75, 3.05) is 13.2 Å². The molecule has 0 spiro atoms. The van der Waals surface area contributed by atoms with Gasteiger partial charge in [0.05, 0.1) is 11.2 Å². The Morgan fingerprint density at radius 3 is 2.32 bits per heavy atom. The number of thiazole rings is 1. The molecule has 0 aliphatic rings. The molecular formula is C15H28N2OS. The van der Waals surface area contributed by atoms with Gasteiger partial charge in [0.25, 0.3) is 0 Å². The zero-order valence-electron chi connectivity index (χ0n) is 13.2. The van der Waals surface area contributed by atoms with E-state index in [9.17, 15) is 0 Å². The van der Waals surface area contributed by atoms with E-state index < -0.39 is 0 Å². The third-order valence-corrected chi connectivity index (χ3v) is 4.74. The van der Waals surface area contributed by atoms with Gasteiger partial charge in [0.15, 0.2) is 0 Å². The van der Waals surface area contributed by atoms with E-state index in [2.05, 4.69) is 52.2 Å². The zero-order valence-corrected chi connectivity index (χ0v) is 14.0. The molecule has 0 bridgehead atoms. The van der Waals surface area contributed by atoms with Gasteiger partial charge in [0, 0.05) is 12.0 Å². The minimum atomic E-state index is -0.208. The Balaban J connectivity index is 3.06. The van der Waals surface area contributed by atoms with Gasteiger partial charge < -0.3 is 10.1 Å². The van der Waals surface area contributed by atoms with Crippen LogP contribution in [0.25, 0.3) is 0 Å². The van der Waals surface area contributed by atoms with Crippen LogP contribution in [0.5, 0.6) is 0 Å². The first-order valence-electron chi connectivity index (χ1n) is 7.31. The molecule has 110 valence electrons. The molecule has 1 heterocycles. The molecule has 0 fully saturated rings. The van der Waals surface area contributed by atoms with Crippen LogP contribution in [0, 0.1) is 0 Å². The number of nitrogens with zero attached hydrogens (tertiary/aromatic N) is 1. The lowest BCUT2D eigenvalue weighted by Crippen LogP contribution is -2.37. The van der Waals surface area contributed by atoms with Crippen molar-refractivity contribution >= 4 is 11.3 Å². The molecule has 0 radical (unpaired) electrons. The maximum absolute atomic E-state index is 6.03. The minimum absolute atomic E-state index is 0.0804. The monoisotopic (exact) mass is 284 g/mol. The first-order chi connectivity index (χ1) is 8.95. The van der Waals surface area contributed by atoms with Crippen molar-refractivity contribution in [2.24, 2.45) is 0 Å². The molecule has 1 aromatic rings. The molecule has 0 saturated heterocycles. The maximum Gasteiger partial charge on any atom is 0.125 e. The van der Waals surface area contributed by atoms with E-state index in [0.29, 0.717) is 0 Å². The predicted molar refractivity (Wildman–Crippen MR) is 82.7 cm³/mol. The molecule has 0 amide bonds. The molecule has 0 aliphatic carbocycles. The standard InChI is InChI=1S/C15H28N2OS/c1-7-15(8-2,18-10-4)13-17-12(11-19-13)14(5,6)16-9-3/h11,16H,7-10H2,1-6H3. The van der Waals surface area contributed by atoms with E-state index in [4.69, 9.17) is 9.72 Å². The molecule has 4 heteroatoms. The van der Waals surface area contributed by atoms with Crippen LogP contribution in [0.3, 0.4) is 0 Å². The van der Waals surface area contributed by atoms with Gasteiger partial charge in [0.2, 0.25) is 0 Å². The van der Waals surface area contributed by atoms with Crippen LogP contribution in [0.15, 0.2) is 5.38 Å². The largest absolute Gasteiger partial charge is 0.368 e. The molecule has 3 nitrogen and oxygen atoms in total. The fourth-order valence-electron chi connectivity index (χ4n) is 2.40. The smallest absolute Gasteiger partial charge is 0.125 e. The number of hydrogen-bond donors (Lipinski definition) is 1. The summed E-state index contributed by atoms with van der Waals surface area (Å²) in [6.45, 7) is 14.6. The van der Waals surface area contributed by atoms with Crippen molar-refractivity contribution in [2.45, 2.75) is 65.5 Å². The molecule has 1 N–H and O–H groups in total. The van der Waals surface area contributed by atoms with Crippen molar-refractivity contribution in [1.29, 1.82) is 0 Å². The second-order valence-electron chi connectivity index (χ2n) is 5.33. The van der Waals surface area contributed by atoms with Crippen LogP contribution >= 0.6 is 11.3 Å². The average molecular weight is 284 g/mol. The summed E-state index contributed by atoms with van der Waals surface area (Å²) in [5.74, 6) is 0. The third-order valence-electron chi connectivity index (χ3n) is 3.72. The number of nitrogens with one attached hydrogen (secondary N) is 1. The summed E-state index contributed by atoms with van der Waals surface area (Å²) in [6, 6.07) is 0. The molecule has 0 aliphatic heterocycles. The van der Waals surface area contributed by atoms with Crippen LogP contribution in [-0.2, 0) is 15.9 Å². The van der Waals surface area contributed by atoms with E-state index in [1.54, 1.807) is 11.3 Å². The number of hydrogen-bond acceptors (Lipinski definition) is 4. The van der Waals surface area contributed by atoms with Crippen LogP contribution in [0.2, 0.25) is 0 Å². The van der Waals surface area contributed by atoms with Gasteiger partial charge >= 0.3 is 0 Å². The van der Waals surface area contributed by atoms with Gasteiger partial charge in [-0.1, -0.05) is 20.8 Å². The Labute approximate surface area is 121 Å². The van der Waals surface area contributed by atoms with Gasteiger partial charge in [-0.2, -0.15) is 0 Å². The first-order valence-corrected chi connectivity index (χ1v) is 8.19. The molecular weight excluding hydrogens is 256 g/mol. The highest BCUT2D eigenvalue weighted by Gasteiger charge is 2.34. The van der Waals surface area contributed by atoms with Crippen LogP contribution < -0.4 is 5.32 Å². The summed E-state index contributed by atoms with van der Waals surface area (Å²) < 4.78 is 6.03. The molecule has 0 atom stereocenters. The highest BCUT2D eigenvalue weighted by molar-refractivity contribution is 7.09. The van der Waals surface area contributed by atoms with Crippen molar-refractivity contribution in [3.05, 3.63) is 16.1 Å². The summed E-state index contributed by atoms with van der Waals surface area (Å²) in [4.78, 5) is 4.86. The minimum Gasteiger partial charge on any atom is -0.368 e. The highest BCUT2D eigenvalue weighted by Crippen LogP contribution is 2.36. The van der Waals surface area contributed by atoms with Gasteiger partial charge in [-0.3, -0.25) is 0 Å². The molecule has 0 aromatic carbocycles. The number of aromatic nitrogens is 1. The third kappa shape index (κ3) is 3.56. The van der Waals surface area contributed by atoms with Crippen LogP contribution in [0.4, 0.5) is 0 Å². The zero-order chi connectivity index (χ0) is 14.5. The van der Waals surface area contributed by atoms with E-state index in [0.717, 1.165) is 36.7 Å². The van der Waals surface area contributed by atoms with Gasteiger partial charge in [-0.15, -0.1) is 11.3 Å². The molecule has 0 saturated carbocycles. The lowest BCUT2D eigenvalue weighted by Gasteiger charge is -2.29. The average Bonchev–Trinajstić information content (AvgIpc) is 2.87. The Hall–Kier alpha value is -0.450. The summed E-state index contributed by atoms with van der Waals surface area (Å²) in [6.07, 6.45) is 1.93. The van der Waals surface area contributed by atoms with E-state index in [1.807, 2.05) is 0 Å². The molecule has 1 rings (SSSR count). The highest BCUT2D eigenvalue weighted by atomic mass is 32.1. The summed E-state index contributed by atoms with van der Waals surface area (Å²) >= 11 is 1.72. The second kappa shape index (κ2) is 6.82. The molecule has 1 aromatic heterocycles. The van der Waals surface area contributed by atoms with Crippen molar-refractivity contribution in [1.82, 2.24) is 10.3 Å². The van der Waals surface area contributed by atoms with E-state index in [-0.39, 0.29) is 11.1 Å². The Bertz CT molecular complexity index is 383. The Morgan fingerprint density at radius 2 is 1.84 bits per heavy atom. The SMILES string of the molecule is CCNC(C)(C)c1csc(C(CC)(CC)OCC)n1. The number of ether oxygens (including phenoxy) is 1. The summed E-state index contributed by atoms with van der Waals surface area (Å²) in [5, 5.41) is 6.75. The Morgan fingerprint density at radius 1 is 1.21 bits per heavy atom. The summed E-state index contributed by atoms with van der Waals surface area (Å²) in [5.41, 5.74) is 0.823. The maximum atomic E-state index is 6.03. The first kappa shape index (κ1) is 16.6. The van der Waals surface area contributed by atoms with Crippen molar-refractivity contribution in [3.63, 3.8) is 0 Å². The molecule has 0 unspecified atom stereocenters. The van der Waals surface area contributed by atoms with Gasteiger partial charge in [-0.05, 0) is 40.2 Å². The lowest BCUT2D eigenvalue weighted by molar-refractivity contribution is -0.0508. The normalized spacial score (nSPS) is 12.9. The lowest BCUT2D eigenvalue weighted by atomic mass is 9.97. The Kier molecular flexibility index (Phi) is 5.96. The van der Waals surface area contributed by atoms with Crippen LogP contribution in [-0.4, -0.2) is 18.1 Å². The fourth-order valence-corrected chi connectivity index (χ4v) is 3.68. The second-order valence-corrected chi connectivity index (χ2v) is 6.19. The van der Waals surface area contributed by atoms with Gasteiger partial charge in [-0.25, -0.2) is 4.98 Å². The fraction of sp³-hybridized carbons (Fsp3) is 0.800. The number of rotatable bonds is 8. The predicted octanol–water partition coefficient (Wildman–Crippen LogP) is 4.04. The quantitative estimate of drug-likeness (QED) is 0.782. The van der Waals surface area contributed by atoms with E-state index >= 15 is 0 Å². The van der Waals surface area contributed by atoms with Gasteiger partial charge in [0.1, 0.15) is 10.6 Å². The van der Waals surface area contributed by atoms with Crippen molar-refractivity contribution < 1.29 is 4.74 Å². The topological polar surface area (TPSA) is 34.1 Å². The van der Waals surface area contributed by atoms with Crippen LogP contribution in [0.1, 0.15) is 65.1 Å².